The van der Waals surface area contributed by atoms with Gasteiger partial charge in [0.25, 0.3) is 5.91 Å². The first-order chi connectivity index (χ1) is 20.4. The van der Waals surface area contributed by atoms with Crippen molar-refractivity contribution in [2.24, 2.45) is 5.73 Å². The van der Waals surface area contributed by atoms with E-state index in [2.05, 4.69) is 15.6 Å². The second kappa shape index (κ2) is 13.9. The Morgan fingerprint density at radius 3 is 2.51 bits per heavy atom. The van der Waals surface area contributed by atoms with Crippen LogP contribution in [0.5, 0.6) is 5.75 Å². The van der Waals surface area contributed by atoms with Crippen molar-refractivity contribution < 1.29 is 31.1 Å². The lowest BCUT2D eigenvalue weighted by Crippen LogP contribution is -2.49. The highest BCUT2D eigenvalue weighted by molar-refractivity contribution is 7.89. The van der Waals surface area contributed by atoms with Gasteiger partial charge in [-0.1, -0.05) is 23.7 Å². The van der Waals surface area contributed by atoms with Crippen LogP contribution in [0, 0.1) is 0 Å². The lowest BCUT2D eigenvalue weighted by Gasteiger charge is -2.35. The third kappa shape index (κ3) is 8.15. The van der Waals surface area contributed by atoms with Gasteiger partial charge in [-0.2, -0.15) is 17.5 Å². The van der Waals surface area contributed by atoms with Gasteiger partial charge in [-0.3, -0.25) is 4.79 Å². The number of hydrogen-bond acceptors (Lipinski definition) is 8. The first-order valence-corrected chi connectivity index (χ1v) is 15.2. The van der Waals surface area contributed by atoms with Crippen LogP contribution in [0.15, 0.2) is 59.5 Å². The molecule has 0 spiro atoms. The number of piperazine rings is 1. The lowest BCUT2D eigenvalue weighted by molar-refractivity contribution is -0.137. The molecule has 0 unspecified atom stereocenters. The van der Waals surface area contributed by atoms with Crippen LogP contribution >= 0.6 is 11.6 Å². The highest BCUT2D eigenvalue weighted by Crippen LogP contribution is 2.34. The number of benzene rings is 2. The fourth-order valence-electron chi connectivity index (χ4n) is 4.55. The number of carbonyl (C=O) groups excluding carboxylic acids is 1. The van der Waals surface area contributed by atoms with Gasteiger partial charge in [-0.15, -0.1) is 0 Å². The topological polar surface area (TPSA) is 130 Å². The zero-order valence-electron chi connectivity index (χ0n) is 23.3. The highest BCUT2D eigenvalue weighted by atomic mass is 35.5. The maximum Gasteiger partial charge on any atom is 0.416 e. The monoisotopic (exact) mass is 640 g/mol. The Balaban J connectivity index is 1.43. The third-order valence-corrected chi connectivity index (χ3v) is 8.92. The molecule has 1 fully saturated rings. The van der Waals surface area contributed by atoms with E-state index in [0.717, 1.165) is 30.7 Å². The molecule has 1 aromatic heterocycles. The van der Waals surface area contributed by atoms with Gasteiger partial charge in [0.2, 0.25) is 10.0 Å². The summed E-state index contributed by atoms with van der Waals surface area (Å²) in [4.78, 5) is 18.4. The number of rotatable bonds is 11. The fourth-order valence-corrected chi connectivity index (χ4v) is 6.31. The first kappa shape index (κ1) is 32.5. The molecule has 1 saturated heterocycles. The predicted molar refractivity (Wildman–Crippen MR) is 158 cm³/mol. The van der Waals surface area contributed by atoms with Crippen molar-refractivity contribution in [2.75, 3.05) is 56.6 Å². The Hall–Kier alpha value is -3.43. The van der Waals surface area contributed by atoms with E-state index in [1.807, 2.05) is 6.07 Å². The predicted octanol–water partition coefficient (Wildman–Crippen LogP) is 3.96. The van der Waals surface area contributed by atoms with Gasteiger partial charge >= 0.3 is 6.18 Å². The molecule has 10 nitrogen and oxygen atoms in total. The molecule has 43 heavy (non-hydrogen) atoms. The van der Waals surface area contributed by atoms with E-state index in [1.54, 1.807) is 23.1 Å². The number of carbonyl (C=O) groups is 1. The number of hydrogen-bond donors (Lipinski definition) is 3. The molecule has 0 radical (unpaired) electrons. The summed E-state index contributed by atoms with van der Waals surface area (Å²) in [5.74, 6) is -0.326. The number of alkyl halides is 3. The van der Waals surface area contributed by atoms with Crippen molar-refractivity contribution in [3.05, 3.63) is 76.4 Å². The van der Waals surface area contributed by atoms with E-state index in [4.69, 9.17) is 22.1 Å². The smallest absolute Gasteiger partial charge is 0.416 e. The van der Waals surface area contributed by atoms with Gasteiger partial charge in [0.15, 0.2) is 0 Å². The van der Waals surface area contributed by atoms with Crippen molar-refractivity contribution in [3.63, 3.8) is 0 Å². The average molecular weight is 641 g/mol. The van der Waals surface area contributed by atoms with Crippen LogP contribution in [0.4, 0.5) is 24.7 Å². The van der Waals surface area contributed by atoms with Crippen molar-refractivity contribution in [1.29, 1.82) is 0 Å². The quantitative estimate of drug-likeness (QED) is 0.212. The van der Waals surface area contributed by atoms with Crippen LogP contribution in [0.25, 0.3) is 0 Å². The maximum absolute atomic E-state index is 13.5. The standard InChI is InChI=1S/C28H32ClF3N6O4S/c1-42-23-17-22(35-27(39)20-5-2-4-19(14-20)18-34-9-3-8-33)6-7-24(23)43(40,41)38-12-10-37(11-13-38)26-16-21(28(30,31)32)15-25(29)36-26/h2,4-7,14-17,34H,3,8-13,18,33H2,1H3,(H,35,39). The van der Waals surface area contributed by atoms with Crippen LogP contribution in [0.2, 0.25) is 5.15 Å². The summed E-state index contributed by atoms with van der Waals surface area (Å²) >= 11 is 5.81. The van der Waals surface area contributed by atoms with Crippen molar-refractivity contribution >= 4 is 39.0 Å². The molecule has 0 aliphatic carbocycles. The van der Waals surface area contributed by atoms with E-state index < -0.39 is 21.8 Å². The van der Waals surface area contributed by atoms with E-state index in [0.29, 0.717) is 24.3 Å². The van der Waals surface area contributed by atoms with Gasteiger partial charge in [0.05, 0.1) is 12.7 Å². The number of nitrogens with two attached hydrogens (primary N) is 1. The number of halogens is 4. The summed E-state index contributed by atoms with van der Waals surface area (Å²) < 4.78 is 73.3. The molecule has 2 heterocycles. The molecule has 4 N–H and O–H groups in total. The second-order valence-electron chi connectivity index (χ2n) is 9.76. The average Bonchev–Trinajstić information content (AvgIpc) is 2.98. The third-order valence-electron chi connectivity index (χ3n) is 6.79. The largest absolute Gasteiger partial charge is 0.495 e. The number of aromatic nitrogens is 1. The molecule has 1 amide bonds. The number of methoxy groups -OCH3 is 1. The van der Waals surface area contributed by atoms with E-state index >= 15 is 0 Å². The number of pyridine rings is 1. The van der Waals surface area contributed by atoms with Gasteiger partial charge in [-0.25, -0.2) is 13.4 Å². The van der Waals surface area contributed by atoms with E-state index in [1.165, 1.54) is 29.6 Å². The van der Waals surface area contributed by atoms with Crippen molar-refractivity contribution in [1.82, 2.24) is 14.6 Å². The fraction of sp³-hybridized carbons (Fsp3) is 0.357. The van der Waals surface area contributed by atoms with Crippen LogP contribution in [-0.2, 0) is 22.7 Å². The Morgan fingerprint density at radius 1 is 1.09 bits per heavy atom. The molecule has 0 saturated carbocycles. The second-order valence-corrected chi connectivity index (χ2v) is 12.1. The number of anilines is 2. The molecular formula is C28H32ClF3N6O4S. The number of amides is 1. The Morgan fingerprint density at radius 2 is 1.84 bits per heavy atom. The number of nitrogens with zero attached hydrogens (tertiary/aromatic N) is 3. The highest BCUT2D eigenvalue weighted by Gasteiger charge is 2.34. The summed E-state index contributed by atoms with van der Waals surface area (Å²) in [6.07, 6.45) is -3.75. The minimum absolute atomic E-state index is 0.00304. The Labute approximate surface area is 253 Å². The number of sulfonamides is 1. The molecule has 15 heteroatoms. The molecule has 1 aliphatic rings. The Kier molecular flexibility index (Phi) is 10.5. The summed E-state index contributed by atoms with van der Waals surface area (Å²) in [6.45, 7) is 2.13. The summed E-state index contributed by atoms with van der Waals surface area (Å²) in [7, 11) is -2.72. The minimum Gasteiger partial charge on any atom is -0.495 e. The molecule has 0 atom stereocenters. The number of ether oxygens (including phenoxy) is 1. The molecular weight excluding hydrogens is 609 g/mol. The molecule has 3 aromatic rings. The van der Waals surface area contributed by atoms with Crippen LogP contribution in [0.3, 0.4) is 0 Å². The zero-order valence-corrected chi connectivity index (χ0v) is 24.9. The van der Waals surface area contributed by atoms with E-state index in [-0.39, 0.29) is 53.7 Å². The van der Waals surface area contributed by atoms with Crippen molar-refractivity contribution in [2.45, 2.75) is 24.0 Å². The summed E-state index contributed by atoms with van der Waals surface area (Å²) in [6, 6.07) is 13.0. The molecule has 232 valence electrons. The minimum atomic E-state index is -4.60. The van der Waals surface area contributed by atoms with Gasteiger partial charge < -0.3 is 26.0 Å². The molecule has 0 bridgehead atoms. The van der Waals surface area contributed by atoms with Crippen molar-refractivity contribution in [3.8, 4) is 5.75 Å². The SMILES string of the molecule is COc1cc(NC(=O)c2cccc(CNCCCN)c2)ccc1S(=O)(=O)N1CCN(c2cc(C(F)(F)F)cc(Cl)n2)CC1. The van der Waals surface area contributed by atoms with Crippen LogP contribution < -0.4 is 26.0 Å². The zero-order chi connectivity index (χ0) is 31.2. The first-order valence-electron chi connectivity index (χ1n) is 13.4. The van der Waals surface area contributed by atoms with Gasteiger partial charge in [0.1, 0.15) is 21.6 Å². The molecule has 1 aliphatic heterocycles. The normalized spacial score (nSPS) is 14.5. The van der Waals surface area contributed by atoms with E-state index in [9.17, 15) is 26.4 Å². The molecule has 4 rings (SSSR count). The summed E-state index contributed by atoms with van der Waals surface area (Å²) in [5.41, 5.74) is 6.27. The molecule has 2 aromatic carbocycles. The van der Waals surface area contributed by atoms with Gasteiger partial charge in [-0.05, 0) is 61.5 Å². The van der Waals surface area contributed by atoms with Gasteiger partial charge in [0, 0.05) is 50.0 Å². The summed E-state index contributed by atoms with van der Waals surface area (Å²) in [5, 5.41) is 5.72. The number of nitrogens with one attached hydrogen (secondary N) is 2. The van der Waals surface area contributed by atoms with Crippen LogP contribution in [-0.4, -0.2) is 70.0 Å². The lowest BCUT2D eigenvalue weighted by atomic mass is 10.1. The van der Waals surface area contributed by atoms with Crippen LogP contribution in [0.1, 0.15) is 27.9 Å². The Bertz CT molecular complexity index is 1550. The maximum atomic E-state index is 13.5.